The molecule has 0 aromatic rings. The van der Waals surface area contributed by atoms with Crippen molar-refractivity contribution in [3.63, 3.8) is 0 Å². The highest BCUT2D eigenvalue weighted by Gasteiger charge is 2.76. The van der Waals surface area contributed by atoms with Crippen LogP contribution in [-0.2, 0) is 28.6 Å². The second kappa shape index (κ2) is 12.0. The van der Waals surface area contributed by atoms with E-state index in [2.05, 4.69) is 30.7 Å². The van der Waals surface area contributed by atoms with Crippen LogP contribution in [0.2, 0.25) is 0 Å². The zero-order valence-electron chi connectivity index (χ0n) is 27.4. The summed E-state index contributed by atoms with van der Waals surface area (Å²) < 4.78 is 19.4. The summed E-state index contributed by atoms with van der Waals surface area (Å²) in [6.45, 7) is 8.10. The summed E-state index contributed by atoms with van der Waals surface area (Å²) in [4.78, 5) is 43.9. The molecule has 7 rings (SSSR count). The second-order valence-electron chi connectivity index (χ2n) is 15.7. The fourth-order valence-corrected chi connectivity index (χ4v) is 10.9. The van der Waals surface area contributed by atoms with Gasteiger partial charge in [-0.3, -0.25) is 19.3 Å². The third-order valence-corrected chi connectivity index (χ3v) is 13.2. The largest absolute Gasteiger partial charge is 0.464 e. The Balaban J connectivity index is 1.12. The number of piperazine rings is 1. The monoisotopic (exact) mass is 624 g/mol. The predicted molar refractivity (Wildman–Crippen MR) is 167 cm³/mol. The van der Waals surface area contributed by atoms with E-state index in [1.54, 1.807) is 12.2 Å². The summed E-state index contributed by atoms with van der Waals surface area (Å²) in [5.41, 5.74) is -1.05. The molecular formula is C36H52N2O7. The number of allylic oxidation sites excluding steroid dienone is 4. The number of hydrogen-bond donors (Lipinski definition) is 1. The number of nitrogens with zero attached hydrogens (tertiary/aromatic N) is 2. The third-order valence-electron chi connectivity index (χ3n) is 13.2. The van der Waals surface area contributed by atoms with E-state index in [1.807, 2.05) is 6.08 Å². The standard InChI is InChI=1S/C36H52N2O7/c1-34-13-11-25(39)19-24(34)9-10-26-27-20-30-36(35(27,2)21-28(40)32(26)34,45-33(44-30)23-7-5-4-6-8-23)29(41)12-18-43-31(42)22-38-16-14-37(3)15-17-38/h11,13,19,23,26-28,30,32-33,40H,4-10,12,14-18,20-22H2,1-3H3/t26-,27-,28-,30+,32?,33+,34-,35?,36+/m0/s1. The van der Waals surface area contributed by atoms with Crippen LogP contribution in [0, 0.1) is 34.5 Å². The average molecular weight is 625 g/mol. The van der Waals surface area contributed by atoms with Gasteiger partial charge in [-0.1, -0.05) is 44.8 Å². The zero-order valence-corrected chi connectivity index (χ0v) is 27.4. The first-order valence-electron chi connectivity index (χ1n) is 17.6. The summed E-state index contributed by atoms with van der Waals surface area (Å²) >= 11 is 0. The number of aliphatic hydroxyl groups excluding tert-OH is 1. The maximum atomic E-state index is 14.6. The Hall–Kier alpha value is -1.91. The lowest BCUT2D eigenvalue weighted by Gasteiger charge is -2.59. The van der Waals surface area contributed by atoms with Gasteiger partial charge in [0.1, 0.15) is 0 Å². The number of ether oxygens (including phenoxy) is 3. The van der Waals surface area contributed by atoms with Crippen molar-refractivity contribution in [2.24, 2.45) is 34.5 Å². The van der Waals surface area contributed by atoms with Crippen LogP contribution in [0.5, 0.6) is 0 Å². The Labute approximate surface area is 267 Å². The molecule has 2 saturated heterocycles. The van der Waals surface area contributed by atoms with E-state index in [1.165, 1.54) is 6.42 Å². The highest BCUT2D eigenvalue weighted by Crippen LogP contribution is 2.70. The second-order valence-corrected chi connectivity index (χ2v) is 15.7. The van der Waals surface area contributed by atoms with Gasteiger partial charge in [0, 0.05) is 55.3 Å². The normalized spacial score (nSPS) is 43.6. The summed E-state index contributed by atoms with van der Waals surface area (Å²) in [6, 6.07) is 0. The SMILES string of the molecule is CN1CCN(CC(=O)OCCC(=O)[C@@]23O[C@H](C4CCCCC4)O[C@@H]2C[C@H]2[C@@H]4CCC5=CC(=O)C=C[C@]5(C)C4[C@@H](O)CC23C)CC1. The minimum atomic E-state index is -1.18. The summed E-state index contributed by atoms with van der Waals surface area (Å²) in [5.74, 6) is 0.220. The molecule has 0 aromatic carbocycles. The van der Waals surface area contributed by atoms with E-state index < -0.39 is 23.4 Å². The van der Waals surface area contributed by atoms with Crippen molar-refractivity contribution < 1.29 is 33.7 Å². The summed E-state index contributed by atoms with van der Waals surface area (Å²) in [5, 5.41) is 12.0. The average Bonchev–Trinajstić information content (AvgIpc) is 3.52. The number of hydrogen-bond acceptors (Lipinski definition) is 9. The van der Waals surface area contributed by atoms with Crippen LogP contribution in [0.1, 0.15) is 78.1 Å². The number of likely N-dealkylation sites (N-methyl/N-ethyl adjacent to an activating group) is 1. The summed E-state index contributed by atoms with van der Waals surface area (Å²) in [7, 11) is 2.08. The minimum absolute atomic E-state index is 0.0239. The first kappa shape index (κ1) is 31.7. The molecule has 2 heterocycles. The smallest absolute Gasteiger partial charge is 0.320 e. The molecule has 0 radical (unpaired) electrons. The fraction of sp³-hybridized carbons (Fsp3) is 0.806. The fourth-order valence-electron chi connectivity index (χ4n) is 10.9. The molecule has 0 spiro atoms. The van der Waals surface area contributed by atoms with Crippen LogP contribution in [-0.4, -0.2) is 103 Å². The van der Waals surface area contributed by atoms with Crippen LogP contribution in [0.15, 0.2) is 23.8 Å². The van der Waals surface area contributed by atoms with Gasteiger partial charge in [-0.2, -0.15) is 0 Å². The molecule has 2 unspecified atom stereocenters. The van der Waals surface area contributed by atoms with Gasteiger partial charge < -0.3 is 24.2 Å². The molecular weight excluding hydrogens is 572 g/mol. The number of rotatable bonds is 7. The van der Waals surface area contributed by atoms with Gasteiger partial charge in [-0.05, 0) is 69.6 Å². The minimum Gasteiger partial charge on any atom is -0.464 e. The van der Waals surface area contributed by atoms with Crippen molar-refractivity contribution in [1.29, 1.82) is 0 Å². The van der Waals surface area contributed by atoms with Gasteiger partial charge in [-0.15, -0.1) is 0 Å². The Morgan fingerprint density at radius 2 is 1.84 bits per heavy atom. The topological polar surface area (TPSA) is 106 Å². The number of carbonyl (C=O) groups is 3. The molecule has 5 aliphatic carbocycles. The number of carbonyl (C=O) groups excluding carboxylic acids is 3. The van der Waals surface area contributed by atoms with E-state index in [0.29, 0.717) is 6.42 Å². The molecule has 1 N–H and O–H groups in total. The first-order valence-corrected chi connectivity index (χ1v) is 17.6. The quantitative estimate of drug-likeness (QED) is 0.425. The van der Waals surface area contributed by atoms with E-state index in [9.17, 15) is 19.5 Å². The Kier molecular flexibility index (Phi) is 8.42. The van der Waals surface area contributed by atoms with E-state index in [4.69, 9.17) is 14.2 Å². The van der Waals surface area contributed by atoms with E-state index in [-0.39, 0.29) is 72.3 Å². The van der Waals surface area contributed by atoms with Crippen molar-refractivity contribution in [3.8, 4) is 0 Å². The lowest BCUT2D eigenvalue weighted by atomic mass is 9.46. The number of aliphatic hydroxyl groups is 1. The van der Waals surface area contributed by atoms with Gasteiger partial charge >= 0.3 is 5.97 Å². The molecule has 7 aliphatic rings. The lowest BCUT2D eigenvalue weighted by molar-refractivity contribution is -0.208. The molecule has 45 heavy (non-hydrogen) atoms. The van der Waals surface area contributed by atoms with Gasteiger partial charge in [0.25, 0.3) is 0 Å². The number of ketones is 2. The van der Waals surface area contributed by atoms with Crippen molar-refractivity contribution in [3.05, 3.63) is 23.8 Å². The number of esters is 1. The molecule has 6 fully saturated rings. The van der Waals surface area contributed by atoms with Crippen LogP contribution >= 0.6 is 0 Å². The maximum absolute atomic E-state index is 14.6. The molecule has 9 nitrogen and oxygen atoms in total. The van der Waals surface area contributed by atoms with Gasteiger partial charge in [0.2, 0.25) is 0 Å². The first-order chi connectivity index (χ1) is 21.5. The number of Topliss-reactive ketones (excluding diaryl/α,β-unsaturated/α-hetero) is 1. The molecule has 0 aromatic heterocycles. The Morgan fingerprint density at radius 3 is 2.60 bits per heavy atom. The van der Waals surface area contributed by atoms with Gasteiger partial charge in [0.05, 0.1) is 25.4 Å². The number of fused-ring (bicyclic) bond motifs is 7. The van der Waals surface area contributed by atoms with Crippen molar-refractivity contribution in [1.82, 2.24) is 9.80 Å². The highest BCUT2D eigenvalue weighted by molar-refractivity contribution is 6.01. The molecule has 248 valence electrons. The van der Waals surface area contributed by atoms with Crippen molar-refractivity contribution in [2.45, 2.75) is 102 Å². The maximum Gasteiger partial charge on any atom is 0.320 e. The van der Waals surface area contributed by atoms with Crippen LogP contribution in [0.3, 0.4) is 0 Å². The van der Waals surface area contributed by atoms with Crippen molar-refractivity contribution in [2.75, 3.05) is 46.4 Å². The van der Waals surface area contributed by atoms with Gasteiger partial charge in [-0.25, -0.2) is 0 Å². The lowest BCUT2D eigenvalue weighted by Crippen LogP contribution is -2.63. The zero-order chi connectivity index (χ0) is 31.6. The van der Waals surface area contributed by atoms with Gasteiger partial charge in [0.15, 0.2) is 23.5 Å². The Morgan fingerprint density at radius 1 is 1.09 bits per heavy atom. The predicted octanol–water partition coefficient (Wildman–Crippen LogP) is 3.69. The van der Waals surface area contributed by atoms with Crippen LogP contribution in [0.4, 0.5) is 0 Å². The van der Waals surface area contributed by atoms with E-state index in [0.717, 1.165) is 76.7 Å². The summed E-state index contributed by atoms with van der Waals surface area (Å²) in [6.07, 6.45) is 12.5. The third kappa shape index (κ3) is 5.20. The molecule has 9 atom stereocenters. The Bertz CT molecular complexity index is 1250. The van der Waals surface area contributed by atoms with E-state index >= 15 is 0 Å². The molecule has 4 saturated carbocycles. The molecule has 0 bridgehead atoms. The van der Waals surface area contributed by atoms with Crippen LogP contribution in [0.25, 0.3) is 0 Å². The molecule has 2 aliphatic heterocycles. The molecule has 9 heteroatoms. The van der Waals surface area contributed by atoms with Crippen LogP contribution < -0.4 is 0 Å². The van der Waals surface area contributed by atoms with Crippen molar-refractivity contribution >= 4 is 17.5 Å². The molecule has 0 amide bonds. The highest BCUT2D eigenvalue weighted by atomic mass is 16.7.